The van der Waals surface area contributed by atoms with Gasteiger partial charge in [-0.05, 0) is 55.6 Å². The molecule has 0 atom stereocenters. The largest absolute Gasteiger partial charge is 0.337 e. The van der Waals surface area contributed by atoms with E-state index in [2.05, 4.69) is 5.32 Å². The Morgan fingerprint density at radius 2 is 1.76 bits per heavy atom. The lowest BCUT2D eigenvalue weighted by Crippen LogP contribution is -2.36. The topological polar surface area (TPSA) is 69.7 Å². The zero-order chi connectivity index (χ0) is 19.6. The number of benzene rings is 2. The van der Waals surface area contributed by atoms with Crippen LogP contribution in [0, 0.1) is 0 Å². The fraction of sp³-hybridized carbons (Fsp3) is 0.381. The highest BCUT2D eigenvalue weighted by Crippen LogP contribution is 2.32. The van der Waals surface area contributed by atoms with Crippen LogP contribution < -0.4 is 9.62 Å². The second kappa shape index (κ2) is 9.15. The van der Waals surface area contributed by atoms with Crippen molar-refractivity contribution >= 4 is 34.0 Å². The molecule has 2 heterocycles. The molecule has 2 aromatic rings. The molecule has 8 heteroatoms. The Labute approximate surface area is 178 Å². The van der Waals surface area contributed by atoms with Gasteiger partial charge in [-0.3, -0.25) is 9.10 Å². The maximum Gasteiger partial charge on any atom is 0.264 e. The molecule has 1 N–H and O–H groups in total. The van der Waals surface area contributed by atoms with Gasteiger partial charge in [0, 0.05) is 31.7 Å². The highest BCUT2D eigenvalue weighted by molar-refractivity contribution is 7.92. The molecule has 156 valence electrons. The summed E-state index contributed by atoms with van der Waals surface area (Å²) in [5.41, 5.74) is 2.21. The second-order valence-electron chi connectivity index (χ2n) is 7.23. The summed E-state index contributed by atoms with van der Waals surface area (Å²) in [7, 11) is -3.72. The van der Waals surface area contributed by atoms with Crippen LogP contribution in [0.4, 0.5) is 5.69 Å². The van der Waals surface area contributed by atoms with E-state index >= 15 is 0 Å². The average Bonchev–Trinajstić information content (AvgIpc) is 3.02. The van der Waals surface area contributed by atoms with Crippen molar-refractivity contribution in [2.45, 2.75) is 24.2 Å². The average molecular weight is 436 g/mol. The first-order valence-electron chi connectivity index (χ1n) is 9.78. The van der Waals surface area contributed by atoms with Gasteiger partial charge in [0.05, 0.1) is 10.6 Å². The molecule has 0 aliphatic carbocycles. The van der Waals surface area contributed by atoms with Crippen molar-refractivity contribution in [2.75, 3.05) is 37.0 Å². The van der Waals surface area contributed by atoms with Crippen LogP contribution >= 0.6 is 12.4 Å². The molecule has 2 aromatic carbocycles. The molecule has 0 spiro atoms. The van der Waals surface area contributed by atoms with Crippen molar-refractivity contribution in [3.8, 4) is 0 Å². The standard InChI is InChI=1S/C21H25N3O3S.ClH/c25-21(23-13-5-11-22-12-15-23)18-7-3-9-19(16-18)28(26,27)24-14-4-8-17-6-1-2-10-20(17)24;/h1-3,6-7,9-10,16,22H,4-5,8,11-15H2;1H. The number of nitrogens with zero attached hydrogens (tertiary/aromatic N) is 2. The molecular weight excluding hydrogens is 410 g/mol. The van der Waals surface area contributed by atoms with Crippen molar-refractivity contribution < 1.29 is 13.2 Å². The lowest BCUT2D eigenvalue weighted by molar-refractivity contribution is 0.0766. The second-order valence-corrected chi connectivity index (χ2v) is 9.10. The molecule has 0 bridgehead atoms. The van der Waals surface area contributed by atoms with Gasteiger partial charge in [-0.25, -0.2) is 8.42 Å². The molecule has 1 fully saturated rings. The highest BCUT2D eigenvalue weighted by Gasteiger charge is 2.29. The minimum atomic E-state index is -3.72. The summed E-state index contributed by atoms with van der Waals surface area (Å²) in [6.45, 7) is 3.42. The minimum Gasteiger partial charge on any atom is -0.337 e. The minimum absolute atomic E-state index is 0. The zero-order valence-corrected chi connectivity index (χ0v) is 17.8. The van der Waals surface area contributed by atoms with Crippen molar-refractivity contribution in [3.05, 3.63) is 59.7 Å². The van der Waals surface area contributed by atoms with Gasteiger partial charge >= 0.3 is 0 Å². The third-order valence-electron chi connectivity index (χ3n) is 5.36. The number of amides is 1. The van der Waals surface area contributed by atoms with Crippen molar-refractivity contribution in [1.82, 2.24) is 10.2 Å². The van der Waals surface area contributed by atoms with Gasteiger partial charge in [0.25, 0.3) is 15.9 Å². The summed E-state index contributed by atoms with van der Waals surface area (Å²) in [5, 5.41) is 3.28. The quantitative estimate of drug-likeness (QED) is 0.804. The Hall–Kier alpha value is -2.09. The number of halogens is 1. The number of carbonyl (C=O) groups is 1. The van der Waals surface area contributed by atoms with E-state index in [-0.39, 0.29) is 23.2 Å². The number of rotatable bonds is 3. The van der Waals surface area contributed by atoms with Crippen LogP contribution in [0.5, 0.6) is 0 Å². The van der Waals surface area contributed by atoms with E-state index < -0.39 is 10.0 Å². The number of hydrogen-bond donors (Lipinski definition) is 1. The first-order chi connectivity index (χ1) is 13.6. The maximum atomic E-state index is 13.3. The van der Waals surface area contributed by atoms with E-state index in [1.54, 1.807) is 23.1 Å². The van der Waals surface area contributed by atoms with Gasteiger partial charge in [-0.15, -0.1) is 12.4 Å². The van der Waals surface area contributed by atoms with E-state index in [0.29, 0.717) is 25.2 Å². The monoisotopic (exact) mass is 435 g/mol. The molecular formula is C21H26ClN3O3S. The number of aryl methyl sites for hydroxylation is 1. The Kier molecular flexibility index (Phi) is 6.82. The molecule has 2 aliphatic rings. The fourth-order valence-corrected chi connectivity index (χ4v) is 5.48. The van der Waals surface area contributed by atoms with Crippen LogP contribution in [0.25, 0.3) is 0 Å². The summed E-state index contributed by atoms with van der Waals surface area (Å²) in [4.78, 5) is 14.9. The summed E-state index contributed by atoms with van der Waals surface area (Å²) in [5.74, 6) is -0.111. The van der Waals surface area contributed by atoms with Crippen molar-refractivity contribution in [2.24, 2.45) is 0 Å². The van der Waals surface area contributed by atoms with E-state index in [1.165, 1.54) is 10.4 Å². The van der Waals surface area contributed by atoms with Crippen LogP contribution in [0.1, 0.15) is 28.8 Å². The summed E-state index contributed by atoms with van der Waals surface area (Å²) in [6.07, 6.45) is 2.56. The van der Waals surface area contributed by atoms with Crippen LogP contribution in [0.15, 0.2) is 53.4 Å². The molecule has 0 unspecified atom stereocenters. The van der Waals surface area contributed by atoms with E-state index in [0.717, 1.165) is 43.6 Å². The Morgan fingerprint density at radius 1 is 0.931 bits per heavy atom. The van der Waals surface area contributed by atoms with Gasteiger partial charge in [0.2, 0.25) is 0 Å². The Balaban J connectivity index is 0.00000240. The molecule has 0 radical (unpaired) electrons. The molecule has 2 aliphatic heterocycles. The number of para-hydroxylation sites is 1. The fourth-order valence-electron chi connectivity index (χ4n) is 3.90. The molecule has 0 saturated carbocycles. The van der Waals surface area contributed by atoms with Crippen LogP contribution in [0.3, 0.4) is 0 Å². The number of sulfonamides is 1. The number of hydrogen-bond acceptors (Lipinski definition) is 4. The number of nitrogens with one attached hydrogen (secondary N) is 1. The van der Waals surface area contributed by atoms with E-state index in [4.69, 9.17) is 0 Å². The van der Waals surface area contributed by atoms with E-state index in [9.17, 15) is 13.2 Å². The van der Waals surface area contributed by atoms with Gasteiger partial charge < -0.3 is 10.2 Å². The van der Waals surface area contributed by atoms with Crippen molar-refractivity contribution in [1.29, 1.82) is 0 Å². The van der Waals surface area contributed by atoms with Crippen molar-refractivity contribution in [3.63, 3.8) is 0 Å². The molecule has 6 nitrogen and oxygen atoms in total. The first kappa shape index (κ1) is 21.6. The predicted octanol–water partition coefficient (Wildman–Crippen LogP) is 2.69. The Bertz CT molecular complexity index is 973. The highest BCUT2D eigenvalue weighted by atomic mass is 35.5. The molecule has 0 aromatic heterocycles. The summed E-state index contributed by atoms with van der Waals surface area (Å²) < 4.78 is 28.2. The normalized spacial score (nSPS) is 17.1. The Morgan fingerprint density at radius 3 is 2.62 bits per heavy atom. The van der Waals surface area contributed by atoms with Gasteiger partial charge in [-0.2, -0.15) is 0 Å². The van der Waals surface area contributed by atoms with Gasteiger partial charge in [0.1, 0.15) is 0 Å². The van der Waals surface area contributed by atoms with Crippen LogP contribution in [-0.2, 0) is 16.4 Å². The third-order valence-corrected chi connectivity index (χ3v) is 7.17. The third kappa shape index (κ3) is 4.42. The lowest BCUT2D eigenvalue weighted by atomic mass is 10.0. The molecule has 1 amide bonds. The number of carbonyl (C=O) groups excluding carboxylic acids is 1. The number of fused-ring (bicyclic) bond motifs is 1. The summed E-state index contributed by atoms with van der Waals surface area (Å²) in [6, 6.07) is 14.1. The predicted molar refractivity (Wildman–Crippen MR) is 116 cm³/mol. The first-order valence-corrected chi connectivity index (χ1v) is 11.2. The molecule has 4 rings (SSSR count). The lowest BCUT2D eigenvalue weighted by Gasteiger charge is -2.30. The summed E-state index contributed by atoms with van der Waals surface area (Å²) >= 11 is 0. The smallest absolute Gasteiger partial charge is 0.264 e. The zero-order valence-electron chi connectivity index (χ0n) is 16.2. The molecule has 1 saturated heterocycles. The van der Waals surface area contributed by atoms with Gasteiger partial charge in [-0.1, -0.05) is 24.3 Å². The van der Waals surface area contributed by atoms with Gasteiger partial charge in [0.15, 0.2) is 0 Å². The SMILES string of the molecule is Cl.O=C(c1cccc(S(=O)(=O)N2CCCc3ccccc32)c1)N1CCCNCC1. The number of anilines is 1. The maximum absolute atomic E-state index is 13.3. The van der Waals surface area contributed by atoms with Crippen LogP contribution in [-0.4, -0.2) is 51.9 Å². The molecule has 29 heavy (non-hydrogen) atoms. The van der Waals surface area contributed by atoms with E-state index in [1.807, 2.05) is 24.3 Å². The van der Waals surface area contributed by atoms with Crippen LogP contribution in [0.2, 0.25) is 0 Å².